The van der Waals surface area contributed by atoms with Crippen molar-refractivity contribution >= 4 is 45.6 Å². The number of fused-ring (bicyclic) bond motifs is 3. The Morgan fingerprint density at radius 3 is 2.82 bits per heavy atom. The van der Waals surface area contributed by atoms with E-state index in [0.717, 1.165) is 25.9 Å². The van der Waals surface area contributed by atoms with E-state index in [1.54, 1.807) is 31.4 Å². The lowest BCUT2D eigenvalue weighted by atomic mass is 10.0. The number of alkyl halides is 2. The van der Waals surface area contributed by atoms with Crippen LogP contribution in [0.2, 0.25) is 5.02 Å². The summed E-state index contributed by atoms with van der Waals surface area (Å²) in [6, 6.07) is 4.77. The lowest BCUT2D eigenvalue weighted by Crippen LogP contribution is -2.55. The summed E-state index contributed by atoms with van der Waals surface area (Å²) in [5.41, 5.74) is 1.05. The van der Waals surface area contributed by atoms with Crippen molar-refractivity contribution < 1.29 is 13.5 Å². The molecule has 12 heteroatoms. The molecule has 1 saturated carbocycles. The maximum absolute atomic E-state index is 14.9. The molecule has 6 rings (SSSR count). The molecular formula is C26H30ClF2N7O2. The minimum Gasteiger partial charge on any atom is -0.480 e. The Bertz CT molecular complexity index is 1460. The van der Waals surface area contributed by atoms with E-state index in [0.29, 0.717) is 45.1 Å². The monoisotopic (exact) mass is 545 g/mol. The molecule has 0 spiro atoms. The summed E-state index contributed by atoms with van der Waals surface area (Å²) < 4.78 is 36.7. The van der Waals surface area contributed by atoms with Crippen LogP contribution in [-0.4, -0.2) is 58.3 Å². The molecule has 2 aliphatic heterocycles. The van der Waals surface area contributed by atoms with Gasteiger partial charge in [-0.1, -0.05) is 11.6 Å². The summed E-state index contributed by atoms with van der Waals surface area (Å²) in [7, 11) is 1.60. The molecule has 202 valence electrons. The molecule has 3 N–H and O–H groups in total. The molecule has 38 heavy (non-hydrogen) atoms. The highest BCUT2D eigenvalue weighted by Gasteiger charge is 2.51. The molecule has 0 bridgehead atoms. The quantitative estimate of drug-likeness (QED) is 0.450. The highest BCUT2D eigenvalue weighted by Crippen LogP contribution is 2.45. The zero-order valence-electron chi connectivity index (χ0n) is 21.4. The third-order valence-electron chi connectivity index (χ3n) is 7.63. The number of piperazine rings is 1. The molecule has 2 fully saturated rings. The van der Waals surface area contributed by atoms with Crippen molar-refractivity contribution in [2.75, 3.05) is 35.2 Å². The highest BCUT2D eigenvalue weighted by molar-refractivity contribution is 6.33. The largest absolute Gasteiger partial charge is 0.480 e. The number of ether oxygens (including phenoxy) is 1. The fourth-order valence-electron chi connectivity index (χ4n) is 5.31. The van der Waals surface area contributed by atoms with Crippen LogP contribution < -0.4 is 31.1 Å². The lowest BCUT2D eigenvalue weighted by Gasteiger charge is -2.37. The molecule has 0 radical (unpaired) electrons. The van der Waals surface area contributed by atoms with Crippen molar-refractivity contribution in [2.24, 2.45) is 13.0 Å². The van der Waals surface area contributed by atoms with Crippen LogP contribution >= 0.6 is 11.6 Å². The molecule has 1 aliphatic carbocycles. The average Bonchev–Trinajstić information content (AvgIpc) is 3.73. The van der Waals surface area contributed by atoms with Crippen molar-refractivity contribution in [1.29, 1.82) is 0 Å². The summed E-state index contributed by atoms with van der Waals surface area (Å²) in [5.74, 6) is -2.36. The van der Waals surface area contributed by atoms with E-state index in [-0.39, 0.29) is 17.7 Å². The van der Waals surface area contributed by atoms with Crippen LogP contribution in [0.4, 0.5) is 31.9 Å². The van der Waals surface area contributed by atoms with E-state index in [9.17, 15) is 13.6 Å². The van der Waals surface area contributed by atoms with Crippen molar-refractivity contribution in [3.8, 4) is 5.75 Å². The maximum atomic E-state index is 14.9. The predicted octanol–water partition coefficient (Wildman–Crippen LogP) is 4.13. The first kappa shape index (κ1) is 25.1. The van der Waals surface area contributed by atoms with Gasteiger partial charge in [-0.2, -0.15) is 4.98 Å². The molecule has 1 saturated heterocycles. The Kier molecular flexibility index (Phi) is 6.10. The Morgan fingerprint density at radius 1 is 1.26 bits per heavy atom. The highest BCUT2D eigenvalue weighted by atomic mass is 35.5. The van der Waals surface area contributed by atoms with Crippen molar-refractivity contribution in [3.05, 3.63) is 39.8 Å². The predicted molar refractivity (Wildman–Crippen MR) is 144 cm³/mol. The second kappa shape index (κ2) is 9.23. The van der Waals surface area contributed by atoms with Crippen LogP contribution in [0, 0.1) is 5.92 Å². The molecule has 0 amide bonds. The molecule has 9 nitrogen and oxygen atoms in total. The van der Waals surface area contributed by atoms with Gasteiger partial charge in [-0.25, -0.2) is 13.8 Å². The zero-order chi connectivity index (χ0) is 26.8. The van der Waals surface area contributed by atoms with Crippen LogP contribution in [0.15, 0.2) is 29.2 Å². The normalized spacial score (nSPS) is 24.8. The number of nitrogens with one attached hydrogen (secondary N) is 3. The van der Waals surface area contributed by atoms with Gasteiger partial charge in [-0.3, -0.25) is 4.79 Å². The molecule has 1 aromatic carbocycles. The number of pyridine rings is 1. The smallest absolute Gasteiger partial charge is 0.301 e. The third-order valence-corrected chi connectivity index (χ3v) is 7.90. The van der Waals surface area contributed by atoms with E-state index < -0.39 is 24.1 Å². The number of hydrogen-bond acceptors (Lipinski definition) is 8. The molecule has 0 unspecified atom stereocenters. The minimum absolute atomic E-state index is 0.0934. The molecular weight excluding hydrogens is 516 g/mol. The number of anilines is 4. The first-order valence-electron chi connectivity index (χ1n) is 12.9. The van der Waals surface area contributed by atoms with Crippen LogP contribution in [0.3, 0.4) is 0 Å². The summed E-state index contributed by atoms with van der Waals surface area (Å²) in [4.78, 5) is 24.3. The van der Waals surface area contributed by atoms with Gasteiger partial charge in [0.1, 0.15) is 5.02 Å². The number of halogens is 3. The maximum Gasteiger partial charge on any atom is 0.301 e. The van der Waals surface area contributed by atoms with Gasteiger partial charge in [-0.15, -0.1) is 0 Å². The first-order chi connectivity index (χ1) is 18.1. The van der Waals surface area contributed by atoms with Gasteiger partial charge in [-0.05, 0) is 50.8 Å². The number of hydrogen-bond donors (Lipinski definition) is 3. The second-order valence-corrected chi connectivity index (χ2v) is 11.0. The summed E-state index contributed by atoms with van der Waals surface area (Å²) >= 11 is 6.46. The molecule has 3 atom stereocenters. The Hall–Kier alpha value is -3.18. The fraction of sp³-hybridized carbons (Fsp3) is 0.500. The van der Waals surface area contributed by atoms with Gasteiger partial charge in [0.25, 0.3) is 5.56 Å². The SMILES string of the molecule is C[C@@H]1CN[C@@H](C)CN1c1ncc(Cl)c(Nc2ccc3c(c2)c2c(c(=O)n3C)OCC(F)(F)[C@H](C3CC3)N2)n1. The number of rotatable bonds is 4. The number of aromatic nitrogens is 3. The van der Waals surface area contributed by atoms with E-state index in [1.807, 2.05) is 0 Å². The summed E-state index contributed by atoms with van der Waals surface area (Å²) in [5, 5.41) is 10.6. The van der Waals surface area contributed by atoms with Crippen molar-refractivity contribution in [3.63, 3.8) is 0 Å². The molecule has 3 aliphatic rings. The summed E-state index contributed by atoms with van der Waals surface area (Å²) in [6.07, 6.45) is 3.01. The van der Waals surface area contributed by atoms with Gasteiger partial charge >= 0.3 is 5.92 Å². The Labute approximate surface area is 223 Å². The second-order valence-electron chi connectivity index (χ2n) is 10.6. The van der Waals surface area contributed by atoms with E-state index >= 15 is 0 Å². The summed E-state index contributed by atoms with van der Waals surface area (Å²) in [6.45, 7) is 4.96. The zero-order valence-corrected chi connectivity index (χ0v) is 22.1. The average molecular weight is 546 g/mol. The van der Waals surface area contributed by atoms with Gasteiger partial charge in [0, 0.05) is 43.3 Å². The number of benzene rings is 1. The van der Waals surface area contributed by atoms with Gasteiger partial charge in [0.15, 0.2) is 12.4 Å². The van der Waals surface area contributed by atoms with E-state index in [1.165, 1.54) is 4.57 Å². The lowest BCUT2D eigenvalue weighted by molar-refractivity contribution is -0.0579. The van der Waals surface area contributed by atoms with Crippen molar-refractivity contribution in [2.45, 2.75) is 50.7 Å². The Morgan fingerprint density at radius 2 is 2.05 bits per heavy atom. The van der Waals surface area contributed by atoms with Crippen LogP contribution in [0.1, 0.15) is 26.7 Å². The van der Waals surface area contributed by atoms with Gasteiger partial charge in [0.2, 0.25) is 11.7 Å². The van der Waals surface area contributed by atoms with Crippen LogP contribution in [0.25, 0.3) is 10.9 Å². The van der Waals surface area contributed by atoms with E-state index in [2.05, 4.69) is 39.7 Å². The van der Waals surface area contributed by atoms with Crippen LogP contribution in [-0.2, 0) is 7.05 Å². The van der Waals surface area contributed by atoms with Gasteiger partial charge in [0.05, 0.1) is 23.4 Å². The van der Waals surface area contributed by atoms with Crippen molar-refractivity contribution in [1.82, 2.24) is 19.9 Å². The molecule has 3 aromatic rings. The van der Waals surface area contributed by atoms with Crippen LogP contribution in [0.5, 0.6) is 5.75 Å². The van der Waals surface area contributed by atoms with E-state index in [4.69, 9.17) is 21.3 Å². The Balaban J connectivity index is 1.39. The molecule has 4 heterocycles. The topological polar surface area (TPSA) is 96.3 Å². The standard InChI is InChI=1S/C26H30ClF2N7O2/c1-13-11-36(14(2)9-30-13)25-31-10-18(27)23(34-25)32-16-6-7-19-17(8-16)20-21(24(37)35(19)3)38-12-26(28,29)22(33-20)15-4-5-15/h6-8,10,13-15,22,30,33H,4-5,9,11-12H2,1-3H3,(H,31,32,34)/t13-,14+,22-/m0/s1. The minimum atomic E-state index is -3.10. The number of nitrogens with zero attached hydrogens (tertiary/aromatic N) is 4. The molecule has 2 aromatic heterocycles. The van der Waals surface area contributed by atoms with Gasteiger partial charge < -0.3 is 30.2 Å². The number of aryl methyl sites for hydroxylation is 1. The first-order valence-corrected chi connectivity index (χ1v) is 13.2. The fourth-order valence-corrected chi connectivity index (χ4v) is 5.45. The third kappa shape index (κ3) is 4.41.